The van der Waals surface area contributed by atoms with Crippen LogP contribution >= 0.6 is 24.8 Å². The highest BCUT2D eigenvalue weighted by molar-refractivity contribution is 5.85. The molecule has 1 aromatic carbocycles. The number of nitrogens with two attached hydrogens (primary N) is 1. The molecule has 0 atom stereocenters. The number of aryl methyl sites for hydroxylation is 2. The molecule has 1 aliphatic heterocycles. The summed E-state index contributed by atoms with van der Waals surface area (Å²) >= 11 is 0. The van der Waals surface area contributed by atoms with Gasteiger partial charge in [-0.2, -0.15) is 5.10 Å². The summed E-state index contributed by atoms with van der Waals surface area (Å²) in [5, 5.41) is 4.20. The van der Waals surface area contributed by atoms with Crippen molar-refractivity contribution in [2.45, 2.75) is 12.8 Å². The Morgan fingerprint density at radius 3 is 2.44 bits per heavy atom. The number of carbonyl (C=O) groups is 1. The van der Waals surface area contributed by atoms with Gasteiger partial charge in [-0.1, -0.05) is 18.2 Å². The monoisotopic (exact) mass is 385 g/mol. The largest absolute Gasteiger partial charge is 0.399 e. The summed E-state index contributed by atoms with van der Waals surface area (Å²) < 4.78 is 1.80. The van der Waals surface area contributed by atoms with E-state index in [1.807, 2.05) is 48.6 Å². The van der Waals surface area contributed by atoms with E-state index in [2.05, 4.69) is 10.00 Å². The summed E-state index contributed by atoms with van der Waals surface area (Å²) in [6.45, 7) is 3.23. The van der Waals surface area contributed by atoms with Gasteiger partial charge in [-0.05, 0) is 18.1 Å². The standard InChI is InChI=1S/C17H23N5O.2ClH/c1-20-13-15(12-19-20)21-8-10-22(11-9-21)17(23)7-6-14-4-2-3-5-16(14)18;;/h2-5,12-13H,6-11,18H2,1H3;2*1H. The molecular weight excluding hydrogens is 361 g/mol. The highest BCUT2D eigenvalue weighted by Gasteiger charge is 2.21. The Morgan fingerprint density at radius 1 is 1.16 bits per heavy atom. The van der Waals surface area contributed by atoms with Crippen LogP contribution in [0.25, 0.3) is 0 Å². The molecule has 0 saturated carbocycles. The van der Waals surface area contributed by atoms with E-state index in [1.165, 1.54) is 0 Å². The van der Waals surface area contributed by atoms with Gasteiger partial charge in [0, 0.05) is 51.5 Å². The lowest BCUT2D eigenvalue weighted by atomic mass is 10.1. The topological polar surface area (TPSA) is 67.4 Å². The van der Waals surface area contributed by atoms with E-state index in [-0.39, 0.29) is 30.7 Å². The normalized spacial score (nSPS) is 13.8. The number of rotatable bonds is 4. The van der Waals surface area contributed by atoms with Gasteiger partial charge in [0.05, 0.1) is 11.9 Å². The highest BCUT2D eigenvalue weighted by Crippen LogP contribution is 2.17. The van der Waals surface area contributed by atoms with Crippen molar-refractivity contribution in [1.29, 1.82) is 0 Å². The summed E-state index contributed by atoms with van der Waals surface area (Å²) in [6, 6.07) is 7.75. The van der Waals surface area contributed by atoms with Gasteiger partial charge >= 0.3 is 0 Å². The van der Waals surface area contributed by atoms with E-state index in [0.717, 1.165) is 43.1 Å². The summed E-state index contributed by atoms with van der Waals surface area (Å²) in [4.78, 5) is 16.6. The molecular formula is C17H25Cl2N5O. The SMILES string of the molecule is Cl.Cl.Cn1cc(N2CCN(C(=O)CCc3ccccc3N)CC2)cn1. The fourth-order valence-corrected chi connectivity index (χ4v) is 2.95. The van der Waals surface area contributed by atoms with Gasteiger partial charge < -0.3 is 15.5 Å². The van der Waals surface area contributed by atoms with Gasteiger partial charge in [0.15, 0.2) is 0 Å². The molecule has 6 nitrogen and oxygen atoms in total. The van der Waals surface area contributed by atoms with Crippen LogP contribution in [0.5, 0.6) is 0 Å². The average molecular weight is 386 g/mol. The smallest absolute Gasteiger partial charge is 0.223 e. The minimum absolute atomic E-state index is 0. The maximum atomic E-state index is 12.4. The van der Waals surface area contributed by atoms with Gasteiger partial charge in [-0.25, -0.2) is 0 Å². The third-order valence-corrected chi connectivity index (χ3v) is 4.35. The molecule has 2 aromatic rings. The van der Waals surface area contributed by atoms with Crippen molar-refractivity contribution in [3.8, 4) is 0 Å². The molecule has 25 heavy (non-hydrogen) atoms. The number of aromatic nitrogens is 2. The summed E-state index contributed by atoms with van der Waals surface area (Å²) in [6.07, 6.45) is 5.10. The molecule has 3 rings (SSSR count). The number of nitrogen functional groups attached to an aromatic ring is 1. The lowest BCUT2D eigenvalue weighted by molar-refractivity contribution is -0.131. The summed E-state index contributed by atoms with van der Waals surface area (Å²) in [5.74, 6) is 0.207. The van der Waals surface area contributed by atoms with Gasteiger partial charge in [0.1, 0.15) is 0 Å². The van der Waals surface area contributed by atoms with E-state index < -0.39 is 0 Å². The second kappa shape index (κ2) is 9.53. The number of piperazine rings is 1. The fraction of sp³-hybridized carbons (Fsp3) is 0.412. The minimum Gasteiger partial charge on any atom is -0.399 e. The van der Waals surface area contributed by atoms with Crippen LogP contribution in [0.2, 0.25) is 0 Å². The Bertz CT molecular complexity index is 683. The van der Waals surface area contributed by atoms with E-state index in [9.17, 15) is 4.79 Å². The molecule has 0 bridgehead atoms. The Kier molecular flexibility index (Phi) is 8.06. The minimum atomic E-state index is 0. The first-order valence-corrected chi connectivity index (χ1v) is 7.98. The van der Waals surface area contributed by atoms with E-state index in [1.54, 1.807) is 4.68 Å². The molecule has 0 unspecified atom stereocenters. The van der Waals surface area contributed by atoms with Crippen molar-refractivity contribution < 1.29 is 4.79 Å². The maximum absolute atomic E-state index is 12.4. The summed E-state index contributed by atoms with van der Waals surface area (Å²) in [7, 11) is 1.92. The van der Waals surface area contributed by atoms with Crippen LogP contribution in [0, 0.1) is 0 Å². The number of para-hydroxylation sites is 1. The second-order valence-corrected chi connectivity index (χ2v) is 5.94. The van der Waals surface area contributed by atoms with E-state index in [4.69, 9.17) is 5.73 Å². The number of amides is 1. The van der Waals surface area contributed by atoms with Crippen LogP contribution in [0.4, 0.5) is 11.4 Å². The molecule has 1 saturated heterocycles. The number of anilines is 2. The number of benzene rings is 1. The zero-order chi connectivity index (χ0) is 16.2. The number of carbonyl (C=O) groups excluding carboxylic acids is 1. The Labute approximate surface area is 160 Å². The number of hydrogen-bond acceptors (Lipinski definition) is 4. The molecule has 8 heteroatoms. The van der Waals surface area contributed by atoms with E-state index >= 15 is 0 Å². The van der Waals surface area contributed by atoms with Crippen molar-refractivity contribution in [3.63, 3.8) is 0 Å². The molecule has 1 amide bonds. The zero-order valence-corrected chi connectivity index (χ0v) is 15.9. The van der Waals surface area contributed by atoms with Crippen LogP contribution < -0.4 is 10.6 Å². The van der Waals surface area contributed by atoms with Gasteiger partial charge in [-0.3, -0.25) is 9.48 Å². The number of halogens is 2. The molecule has 1 fully saturated rings. The first-order valence-electron chi connectivity index (χ1n) is 7.98. The molecule has 1 aliphatic rings. The lowest BCUT2D eigenvalue weighted by Gasteiger charge is -2.35. The van der Waals surface area contributed by atoms with Crippen molar-refractivity contribution in [1.82, 2.24) is 14.7 Å². The average Bonchev–Trinajstić information content (AvgIpc) is 3.00. The summed E-state index contributed by atoms with van der Waals surface area (Å²) in [5.41, 5.74) is 8.87. The van der Waals surface area contributed by atoms with Crippen molar-refractivity contribution in [2.24, 2.45) is 7.05 Å². The van der Waals surface area contributed by atoms with Crippen LogP contribution in [0.15, 0.2) is 36.7 Å². The zero-order valence-electron chi connectivity index (χ0n) is 14.3. The predicted octanol–water partition coefficient (Wildman–Crippen LogP) is 2.13. The first kappa shape index (κ1) is 21.1. The molecule has 0 aliphatic carbocycles. The Morgan fingerprint density at radius 2 is 1.84 bits per heavy atom. The van der Waals surface area contributed by atoms with Crippen LogP contribution in [0.3, 0.4) is 0 Å². The van der Waals surface area contributed by atoms with Crippen LogP contribution in [-0.2, 0) is 18.3 Å². The molecule has 0 spiro atoms. The highest BCUT2D eigenvalue weighted by atomic mass is 35.5. The third-order valence-electron chi connectivity index (χ3n) is 4.35. The quantitative estimate of drug-likeness (QED) is 0.818. The fourth-order valence-electron chi connectivity index (χ4n) is 2.95. The van der Waals surface area contributed by atoms with Crippen molar-refractivity contribution in [2.75, 3.05) is 36.8 Å². The Balaban J connectivity index is 0.00000156. The molecule has 2 N–H and O–H groups in total. The van der Waals surface area contributed by atoms with E-state index in [0.29, 0.717) is 12.8 Å². The molecule has 0 radical (unpaired) electrons. The third kappa shape index (κ3) is 5.28. The molecule has 138 valence electrons. The number of hydrogen-bond donors (Lipinski definition) is 1. The molecule has 2 heterocycles. The van der Waals surface area contributed by atoms with Crippen LogP contribution in [0.1, 0.15) is 12.0 Å². The first-order chi connectivity index (χ1) is 11.1. The van der Waals surface area contributed by atoms with Crippen LogP contribution in [-0.4, -0.2) is 46.8 Å². The second-order valence-electron chi connectivity index (χ2n) is 5.94. The Hall–Kier alpha value is -1.92. The van der Waals surface area contributed by atoms with Gasteiger partial charge in [0.2, 0.25) is 5.91 Å². The van der Waals surface area contributed by atoms with Gasteiger partial charge in [-0.15, -0.1) is 24.8 Å². The number of nitrogens with zero attached hydrogens (tertiary/aromatic N) is 4. The molecule has 1 aromatic heterocycles. The maximum Gasteiger partial charge on any atom is 0.223 e. The lowest BCUT2D eigenvalue weighted by Crippen LogP contribution is -2.48. The predicted molar refractivity (Wildman–Crippen MR) is 106 cm³/mol. The van der Waals surface area contributed by atoms with Crippen molar-refractivity contribution in [3.05, 3.63) is 42.2 Å². The van der Waals surface area contributed by atoms with Crippen molar-refractivity contribution >= 4 is 42.1 Å². The van der Waals surface area contributed by atoms with Gasteiger partial charge in [0.25, 0.3) is 0 Å².